The fraction of sp³-hybridized carbons (Fsp3) is 0.708. The van der Waals surface area contributed by atoms with Gasteiger partial charge in [0.1, 0.15) is 6.04 Å². The molecule has 0 aromatic carbocycles. The highest BCUT2D eigenvalue weighted by molar-refractivity contribution is 8.02. The minimum atomic E-state index is -0.621. The number of aliphatic hydroxyl groups excluding tert-OH is 1. The number of fused-ring (bicyclic) bond motifs is 1. The second-order valence-corrected chi connectivity index (χ2v) is 10.4. The largest absolute Gasteiger partial charge is 0.465 e. The monoisotopic (exact) mass is 464 g/mol. The summed E-state index contributed by atoms with van der Waals surface area (Å²) in [6, 6.07) is -0.621. The SMILES string of the molecule is C=CCCOC(=O)[C@@H]1[C@@H]2CCC3(S2)C(C(=O)N(CC=C)CCCC)N(CCCO)C(=O)[C@H]13. The van der Waals surface area contributed by atoms with Crippen molar-refractivity contribution >= 4 is 29.5 Å². The van der Waals surface area contributed by atoms with Crippen LogP contribution in [-0.2, 0) is 19.1 Å². The zero-order valence-corrected chi connectivity index (χ0v) is 19.9. The van der Waals surface area contributed by atoms with E-state index in [1.54, 1.807) is 33.7 Å². The molecule has 7 nitrogen and oxygen atoms in total. The first-order valence-corrected chi connectivity index (χ1v) is 12.6. The van der Waals surface area contributed by atoms with Gasteiger partial charge in [0.25, 0.3) is 0 Å². The van der Waals surface area contributed by atoms with Crippen LogP contribution in [0.2, 0.25) is 0 Å². The second-order valence-electron chi connectivity index (χ2n) is 8.84. The van der Waals surface area contributed by atoms with Gasteiger partial charge < -0.3 is 19.6 Å². The Morgan fingerprint density at radius 2 is 2.12 bits per heavy atom. The van der Waals surface area contributed by atoms with E-state index < -0.39 is 22.6 Å². The van der Waals surface area contributed by atoms with Gasteiger partial charge in [-0.3, -0.25) is 14.4 Å². The van der Waals surface area contributed by atoms with E-state index in [4.69, 9.17) is 4.74 Å². The van der Waals surface area contributed by atoms with Crippen LogP contribution in [0.25, 0.3) is 0 Å². The van der Waals surface area contributed by atoms with Gasteiger partial charge in [-0.25, -0.2) is 0 Å². The molecule has 32 heavy (non-hydrogen) atoms. The highest BCUT2D eigenvalue weighted by Gasteiger charge is 2.74. The van der Waals surface area contributed by atoms with E-state index in [1.165, 1.54) is 0 Å². The number of carbonyl (C=O) groups excluding carboxylic acids is 3. The highest BCUT2D eigenvalue weighted by atomic mass is 32.2. The van der Waals surface area contributed by atoms with E-state index in [0.29, 0.717) is 32.5 Å². The number of carbonyl (C=O) groups is 3. The van der Waals surface area contributed by atoms with Crippen LogP contribution in [0.4, 0.5) is 0 Å². The summed E-state index contributed by atoms with van der Waals surface area (Å²) < 4.78 is 4.87. The second kappa shape index (κ2) is 10.9. The number of unbranched alkanes of at least 4 members (excludes halogenated alkanes) is 1. The summed E-state index contributed by atoms with van der Waals surface area (Å²) in [6.07, 6.45) is 7.75. The molecule has 0 radical (unpaired) electrons. The molecule has 8 heteroatoms. The number of amides is 2. The van der Waals surface area contributed by atoms with Crippen LogP contribution in [-0.4, -0.2) is 81.6 Å². The molecule has 0 saturated carbocycles. The summed E-state index contributed by atoms with van der Waals surface area (Å²) in [7, 11) is 0. The molecular formula is C24H36N2O5S. The topological polar surface area (TPSA) is 87.2 Å². The summed E-state index contributed by atoms with van der Waals surface area (Å²) in [6.45, 7) is 11.1. The van der Waals surface area contributed by atoms with Gasteiger partial charge in [0.05, 0.1) is 23.2 Å². The first kappa shape index (κ1) is 24.8. The summed E-state index contributed by atoms with van der Waals surface area (Å²) in [5.74, 6) is -1.63. The lowest BCUT2D eigenvalue weighted by molar-refractivity contribution is -0.154. The molecule has 178 valence electrons. The summed E-state index contributed by atoms with van der Waals surface area (Å²) in [5, 5.41) is 9.41. The number of esters is 1. The third kappa shape index (κ3) is 4.36. The Kier molecular flexibility index (Phi) is 8.44. The van der Waals surface area contributed by atoms with Crippen LogP contribution in [0.1, 0.15) is 45.4 Å². The van der Waals surface area contributed by atoms with E-state index in [2.05, 4.69) is 20.1 Å². The molecule has 1 spiro atoms. The summed E-state index contributed by atoms with van der Waals surface area (Å²) >= 11 is 1.64. The van der Waals surface area contributed by atoms with Crippen molar-refractivity contribution in [2.75, 3.05) is 32.8 Å². The fourth-order valence-electron chi connectivity index (χ4n) is 5.49. The normalized spacial score (nSPS) is 30.3. The average Bonchev–Trinajstić information content (AvgIpc) is 3.42. The van der Waals surface area contributed by atoms with Crippen molar-refractivity contribution in [1.82, 2.24) is 9.80 Å². The molecule has 1 N–H and O–H groups in total. The molecule has 0 aromatic heterocycles. The number of likely N-dealkylation sites (tertiary alicyclic amines) is 1. The Hall–Kier alpha value is -1.80. The van der Waals surface area contributed by atoms with Crippen molar-refractivity contribution in [3.05, 3.63) is 25.3 Å². The van der Waals surface area contributed by atoms with Gasteiger partial charge in [-0.05, 0) is 32.1 Å². The highest BCUT2D eigenvalue weighted by Crippen LogP contribution is 2.66. The number of aliphatic hydroxyl groups is 1. The van der Waals surface area contributed by atoms with Gasteiger partial charge in [-0.1, -0.05) is 25.5 Å². The van der Waals surface area contributed by atoms with Crippen LogP contribution >= 0.6 is 11.8 Å². The van der Waals surface area contributed by atoms with Crippen LogP contribution in [0, 0.1) is 11.8 Å². The van der Waals surface area contributed by atoms with Gasteiger partial charge in [0.15, 0.2) is 0 Å². The Bertz CT molecular complexity index is 744. The lowest BCUT2D eigenvalue weighted by atomic mass is 9.71. The molecule has 3 aliphatic rings. The standard InChI is InChI=1S/C24H36N2O5S/c1-4-7-13-25(12-6-3)22(29)20-24-11-10-17(32-24)18(23(30)31-16-8-5-2)19(24)21(28)26(20)14-9-15-27/h5-6,17-20,27H,2-4,7-16H2,1H3/t17-,18+,19-,20?,24?/m0/s1. The van der Waals surface area contributed by atoms with Crippen LogP contribution in [0.3, 0.4) is 0 Å². The Morgan fingerprint density at radius 1 is 1.34 bits per heavy atom. The molecule has 3 saturated heterocycles. The molecular weight excluding hydrogens is 428 g/mol. The van der Waals surface area contributed by atoms with Crippen molar-refractivity contribution < 1.29 is 24.2 Å². The van der Waals surface area contributed by atoms with Crippen LogP contribution in [0.5, 0.6) is 0 Å². The van der Waals surface area contributed by atoms with Gasteiger partial charge in [0.2, 0.25) is 11.8 Å². The molecule has 5 atom stereocenters. The number of thioether (sulfide) groups is 1. The van der Waals surface area contributed by atoms with E-state index >= 15 is 0 Å². The third-order valence-corrected chi connectivity index (χ3v) is 8.82. The number of ether oxygens (including phenoxy) is 1. The van der Waals surface area contributed by atoms with Crippen molar-refractivity contribution in [3.63, 3.8) is 0 Å². The maximum atomic E-state index is 13.9. The molecule has 2 unspecified atom stereocenters. The zero-order chi connectivity index (χ0) is 23.3. The minimum absolute atomic E-state index is 0.000955. The number of hydrogen-bond acceptors (Lipinski definition) is 6. The first-order valence-electron chi connectivity index (χ1n) is 11.7. The van der Waals surface area contributed by atoms with Gasteiger partial charge in [0, 0.05) is 31.5 Å². The predicted octanol–water partition coefficient (Wildman–Crippen LogP) is 2.39. The van der Waals surface area contributed by atoms with Gasteiger partial charge in [-0.2, -0.15) is 0 Å². The van der Waals surface area contributed by atoms with E-state index in [0.717, 1.165) is 25.7 Å². The first-order chi connectivity index (χ1) is 15.5. The molecule has 2 amide bonds. The smallest absolute Gasteiger partial charge is 0.310 e. The number of hydrogen-bond donors (Lipinski definition) is 1. The molecule has 3 fully saturated rings. The van der Waals surface area contributed by atoms with Gasteiger partial charge >= 0.3 is 5.97 Å². The number of rotatable bonds is 13. The quantitative estimate of drug-likeness (QED) is 0.256. The molecule has 0 aromatic rings. The molecule has 3 aliphatic heterocycles. The summed E-state index contributed by atoms with van der Waals surface area (Å²) in [4.78, 5) is 43.9. The van der Waals surface area contributed by atoms with Crippen molar-refractivity contribution in [3.8, 4) is 0 Å². The third-order valence-electron chi connectivity index (χ3n) is 6.87. The van der Waals surface area contributed by atoms with E-state index in [9.17, 15) is 19.5 Å². The van der Waals surface area contributed by atoms with Crippen LogP contribution in [0.15, 0.2) is 25.3 Å². The summed E-state index contributed by atoms with van der Waals surface area (Å²) in [5.41, 5.74) is 0. The Morgan fingerprint density at radius 3 is 2.78 bits per heavy atom. The molecule has 3 heterocycles. The van der Waals surface area contributed by atoms with Crippen molar-refractivity contribution in [2.45, 2.75) is 61.5 Å². The van der Waals surface area contributed by atoms with Crippen molar-refractivity contribution in [2.24, 2.45) is 11.8 Å². The lowest BCUT2D eigenvalue weighted by Crippen LogP contribution is -2.55. The average molecular weight is 465 g/mol. The fourth-order valence-corrected chi connectivity index (χ4v) is 7.69. The van der Waals surface area contributed by atoms with E-state index in [1.807, 2.05) is 0 Å². The minimum Gasteiger partial charge on any atom is -0.465 e. The van der Waals surface area contributed by atoms with Gasteiger partial charge in [-0.15, -0.1) is 24.9 Å². The maximum Gasteiger partial charge on any atom is 0.310 e. The maximum absolute atomic E-state index is 13.9. The van der Waals surface area contributed by atoms with Crippen LogP contribution < -0.4 is 0 Å². The zero-order valence-electron chi connectivity index (χ0n) is 19.0. The van der Waals surface area contributed by atoms with E-state index in [-0.39, 0.29) is 36.2 Å². The number of nitrogens with zero attached hydrogens (tertiary/aromatic N) is 2. The molecule has 2 bridgehead atoms. The lowest BCUT2D eigenvalue weighted by Gasteiger charge is -2.37. The molecule has 0 aliphatic carbocycles. The van der Waals surface area contributed by atoms with Crippen molar-refractivity contribution in [1.29, 1.82) is 0 Å². The Labute approximate surface area is 195 Å². The predicted molar refractivity (Wildman–Crippen MR) is 125 cm³/mol. The molecule has 3 rings (SSSR count). The Balaban J connectivity index is 1.93.